The summed E-state index contributed by atoms with van der Waals surface area (Å²) in [5.74, 6) is 0. The van der Waals surface area contributed by atoms with Gasteiger partial charge in [-0.1, -0.05) is 0 Å². The van der Waals surface area contributed by atoms with Gasteiger partial charge in [0.25, 0.3) is 0 Å². The van der Waals surface area contributed by atoms with Crippen LogP contribution >= 0.6 is 0 Å². The molecule has 1 aliphatic rings. The zero-order valence-corrected chi connectivity index (χ0v) is 6.72. The van der Waals surface area contributed by atoms with Crippen LogP contribution in [0.2, 0.25) is 0 Å². The fourth-order valence-electron chi connectivity index (χ4n) is 1.21. The maximum atomic E-state index is 8.89. The van der Waals surface area contributed by atoms with Crippen molar-refractivity contribution in [2.75, 3.05) is 6.61 Å². The van der Waals surface area contributed by atoms with Crippen LogP contribution in [-0.4, -0.2) is 23.4 Å². The van der Waals surface area contributed by atoms with Crippen molar-refractivity contribution in [3.8, 4) is 0 Å². The van der Waals surface area contributed by atoms with Gasteiger partial charge < -0.3 is 9.84 Å². The van der Waals surface area contributed by atoms with Gasteiger partial charge in [0.15, 0.2) is 0 Å². The molecule has 0 aromatic rings. The predicted octanol–water partition coefficient (Wildman–Crippen LogP) is 1.10. The molecule has 2 nitrogen and oxygen atoms in total. The van der Waals surface area contributed by atoms with Gasteiger partial charge in [-0.05, 0) is 32.4 Å². The molecule has 0 aromatic carbocycles. The molecule has 1 N–H and O–H groups in total. The minimum atomic E-state index is -0.427. The SMILES string of the molecule is CC1=CC(C)(CO)OC1C. The second kappa shape index (κ2) is 2.36. The highest BCUT2D eigenvalue weighted by Gasteiger charge is 2.30. The molecule has 0 fully saturated rings. The molecule has 0 saturated heterocycles. The molecule has 1 aliphatic heterocycles. The summed E-state index contributed by atoms with van der Waals surface area (Å²) >= 11 is 0. The van der Waals surface area contributed by atoms with Crippen molar-refractivity contribution < 1.29 is 9.84 Å². The summed E-state index contributed by atoms with van der Waals surface area (Å²) in [6.07, 6.45) is 2.15. The van der Waals surface area contributed by atoms with E-state index in [9.17, 15) is 0 Å². The maximum absolute atomic E-state index is 8.89. The fraction of sp³-hybridized carbons (Fsp3) is 0.750. The largest absolute Gasteiger partial charge is 0.393 e. The van der Waals surface area contributed by atoms with Crippen molar-refractivity contribution in [3.63, 3.8) is 0 Å². The van der Waals surface area contributed by atoms with Gasteiger partial charge >= 0.3 is 0 Å². The topological polar surface area (TPSA) is 29.5 Å². The van der Waals surface area contributed by atoms with E-state index in [1.807, 2.05) is 26.8 Å². The van der Waals surface area contributed by atoms with Crippen LogP contribution in [0.5, 0.6) is 0 Å². The van der Waals surface area contributed by atoms with Crippen LogP contribution in [0, 0.1) is 0 Å². The second-order valence-corrected chi connectivity index (χ2v) is 3.12. The zero-order valence-electron chi connectivity index (χ0n) is 6.72. The summed E-state index contributed by atoms with van der Waals surface area (Å²) < 4.78 is 5.47. The number of aliphatic hydroxyl groups is 1. The van der Waals surface area contributed by atoms with Gasteiger partial charge in [0, 0.05) is 0 Å². The lowest BCUT2D eigenvalue weighted by molar-refractivity contribution is -0.0395. The van der Waals surface area contributed by atoms with Gasteiger partial charge in [-0.25, -0.2) is 0 Å². The molecule has 10 heavy (non-hydrogen) atoms. The maximum Gasteiger partial charge on any atom is 0.108 e. The summed E-state index contributed by atoms with van der Waals surface area (Å²) in [7, 11) is 0. The van der Waals surface area contributed by atoms with Crippen LogP contribution in [0.4, 0.5) is 0 Å². The Labute approximate surface area is 61.5 Å². The van der Waals surface area contributed by atoms with E-state index in [-0.39, 0.29) is 12.7 Å². The smallest absolute Gasteiger partial charge is 0.108 e. The molecular formula is C8H14O2. The van der Waals surface area contributed by atoms with Crippen molar-refractivity contribution in [2.24, 2.45) is 0 Å². The van der Waals surface area contributed by atoms with E-state index in [4.69, 9.17) is 9.84 Å². The van der Waals surface area contributed by atoms with E-state index >= 15 is 0 Å². The number of ether oxygens (including phenoxy) is 1. The van der Waals surface area contributed by atoms with Crippen molar-refractivity contribution >= 4 is 0 Å². The Morgan fingerprint density at radius 1 is 1.80 bits per heavy atom. The van der Waals surface area contributed by atoms with Gasteiger partial charge in [-0.3, -0.25) is 0 Å². The van der Waals surface area contributed by atoms with Crippen LogP contribution in [-0.2, 0) is 4.74 Å². The average molecular weight is 142 g/mol. The quantitative estimate of drug-likeness (QED) is 0.555. The molecule has 0 aliphatic carbocycles. The lowest BCUT2D eigenvalue weighted by Crippen LogP contribution is -2.28. The second-order valence-electron chi connectivity index (χ2n) is 3.12. The lowest BCUT2D eigenvalue weighted by Gasteiger charge is -2.20. The monoisotopic (exact) mass is 142 g/mol. The first-order valence-corrected chi connectivity index (χ1v) is 3.55. The summed E-state index contributed by atoms with van der Waals surface area (Å²) in [5, 5.41) is 8.89. The highest BCUT2D eigenvalue weighted by molar-refractivity contribution is 5.18. The third-order valence-electron chi connectivity index (χ3n) is 1.93. The van der Waals surface area contributed by atoms with Crippen molar-refractivity contribution in [1.82, 2.24) is 0 Å². The zero-order chi connectivity index (χ0) is 7.78. The van der Waals surface area contributed by atoms with Crippen LogP contribution < -0.4 is 0 Å². The predicted molar refractivity (Wildman–Crippen MR) is 39.8 cm³/mol. The molecule has 2 atom stereocenters. The summed E-state index contributed by atoms with van der Waals surface area (Å²) in [5.41, 5.74) is 0.778. The summed E-state index contributed by atoms with van der Waals surface area (Å²) in [6.45, 7) is 5.97. The van der Waals surface area contributed by atoms with Gasteiger partial charge in [-0.2, -0.15) is 0 Å². The highest BCUT2D eigenvalue weighted by Crippen LogP contribution is 2.27. The van der Waals surface area contributed by atoms with E-state index in [0.29, 0.717) is 0 Å². The van der Waals surface area contributed by atoms with Gasteiger partial charge in [0.1, 0.15) is 5.60 Å². The Balaban J connectivity index is 2.72. The molecule has 2 unspecified atom stereocenters. The summed E-state index contributed by atoms with van der Waals surface area (Å²) in [6, 6.07) is 0. The van der Waals surface area contributed by atoms with E-state index < -0.39 is 5.60 Å². The first kappa shape index (κ1) is 7.76. The Bertz CT molecular complexity index is 163. The van der Waals surface area contributed by atoms with Crippen molar-refractivity contribution in [3.05, 3.63) is 11.6 Å². The Hall–Kier alpha value is -0.340. The Morgan fingerprint density at radius 2 is 2.40 bits per heavy atom. The lowest BCUT2D eigenvalue weighted by atomic mass is 10.1. The van der Waals surface area contributed by atoms with Crippen LogP contribution in [0.3, 0.4) is 0 Å². The van der Waals surface area contributed by atoms with Gasteiger partial charge in [-0.15, -0.1) is 0 Å². The van der Waals surface area contributed by atoms with E-state index in [1.165, 1.54) is 5.57 Å². The molecule has 1 heterocycles. The third kappa shape index (κ3) is 1.22. The molecule has 1 rings (SSSR count). The number of rotatable bonds is 1. The average Bonchev–Trinajstić information content (AvgIpc) is 2.10. The van der Waals surface area contributed by atoms with E-state index in [1.54, 1.807) is 0 Å². The first-order chi connectivity index (χ1) is 4.57. The van der Waals surface area contributed by atoms with E-state index in [2.05, 4.69) is 0 Å². The summed E-state index contributed by atoms with van der Waals surface area (Å²) in [4.78, 5) is 0. The van der Waals surface area contributed by atoms with Crippen LogP contribution in [0.15, 0.2) is 11.6 Å². The van der Waals surface area contributed by atoms with Crippen LogP contribution in [0.1, 0.15) is 20.8 Å². The van der Waals surface area contributed by atoms with Gasteiger partial charge in [0.2, 0.25) is 0 Å². The third-order valence-corrected chi connectivity index (χ3v) is 1.93. The molecule has 2 heteroatoms. The normalized spacial score (nSPS) is 40.0. The molecular weight excluding hydrogens is 128 g/mol. The van der Waals surface area contributed by atoms with E-state index in [0.717, 1.165) is 0 Å². The fourth-order valence-corrected chi connectivity index (χ4v) is 1.21. The molecule has 0 saturated carbocycles. The standard InChI is InChI=1S/C8H14O2/c1-6-4-8(3,5-9)10-7(6)2/h4,7,9H,5H2,1-3H3. The van der Waals surface area contributed by atoms with Crippen molar-refractivity contribution in [2.45, 2.75) is 32.5 Å². The molecule has 0 amide bonds. The molecule has 0 bridgehead atoms. The molecule has 58 valence electrons. The minimum absolute atomic E-state index is 0.0642. The number of hydrogen-bond acceptors (Lipinski definition) is 2. The van der Waals surface area contributed by atoms with Gasteiger partial charge in [0.05, 0.1) is 12.7 Å². The molecule has 0 radical (unpaired) electrons. The van der Waals surface area contributed by atoms with Crippen molar-refractivity contribution in [1.29, 1.82) is 0 Å². The van der Waals surface area contributed by atoms with Crippen LogP contribution in [0.25, 0.3) is 0 Å². The first-order valence-electron chi connectivity index (χ1n) is 3.55. The molecule has 0 spiro atoms. The number of aliphatic hydroxyl groups excluding tert-OH is 1. The number of hydrogen-bond donors (Lipinski definition) is 1. The highest BCUT2D eigenvalue weighted by atomic mass is 16.5. The Kier molecular flexibility index (Phi) is 1.84. The molecule has 0 aromatic heterocycles. The Morgan fingerprint density at radius 3 is 2.60 bits per heavy atom. The minimum Gasteiger partial charge on any atom is -0.393 e.